The maximum absolute atomic E-state index is 13.3. The van der Waals surface area contributed by atoms with E-state index in [1.165, 1.54) is 12.1 Å². The summed E-state index contributed by atoms with van der Waals surface area (Å²) in [7, 11) is 0. The lowest BCUT2D eigenvalue weighted by atomic mass is 10.1. The van der Waals surface area contributed by atoms with Gasteiger partial charge in [0.2, 0.25) is 0 Å². The Kier molecular flexibility index (Phi) is 4.27. The van der Waals surface area contributed by atoms with Crippen molar-refractivity contribution in [3.05, 3.63) is 58.9 Å². The molecule has 2 aromatic rings. The number of anilines is 2. The molecule has 2 aromatic carbocycles. The van der Waals surface area contributed by atoms with Crippen LogP contribution in [0.1, 0.15) is 12.5 Å². The van der Waals surface area contributed by atoms with Gasteiger partial charge < -0.3 is 10.6 Å². The summed E-state index contributed by atoms with van der Waals surface area (Å²) in [5.74, 6) is -0.237. The minimum Gasteiger partial charge on any atom is -0.399 e. The second kappa shape index (κ2) is 5.93. The molecular weight excluding hydrogens is 263 g/mol. The van der Waals surface area contributed by atoms with Crippen LogP contribution in [0.2, 0.25) is 5.02 Å². The van der Waals surface area contributed by atoms with Crippen molar-refractivity contribution in [2.75, 3.05) is 17.2 Å². The van der Waals surface area contributed by atoms with Crippen LogP contribution in [-0.2, 0) is 6.54 Å². The van der Waals surface area contributed by atoms with E-state index in [9.17, 15) is 4.39 Å². The van der Waals surface area contributed by atoms with Crippen LogP contribution in [0.5, 0.6) is 0 Å². The highest BCUT2D eigenvalue weighted by atomic mass is 35.5. The van der Waals surface area contributed by atoms with Crippen LogP contribution in [0.3, 0.4) is 0 Å². The number of hydrogen-bond donors (Lipinski definition) is 1. The Bertz CT molecular complexity index is 572. The number of rotatable bonds is 4. The average Bonchev–Trinajstić information content (AvgIpc) is 2.38. The molecule has 0 aliphatic carbocycles. The molecule has 0 saturated carbocycles. The molecule has 0 spiro atoms. The molecule has 100 valence electrons. The van der Waals surface area contributed by atoms with Crippen LogP contribution in [0, 0.1) is 5.82 Å². The number of halogens is 2. The number of nitrogen functional groups attached to an aromatic ring is 1. The predicted molar refractivity (Wildman–Crippen MR) is 79.0 cm³/mol. The largest absolute Gasteiger partial charge is 0.399 e. The molecule has 0 unspecified atom stereocenters. The minimum absolute atomic E-state index is 0.237. The predicted octanol–water partition coefficient (Wildman–Crippen LogP) is 4.09. The van der Waals surface area contributed by atoms with Crippen LogP contribution in [0.4, 0.5) is 15.8 Å². The lowest BCUT2D eigenvalue weighted by Crippen LogP contribution is -2.22. The minimum atomic E-state index is -0.237. The maximum Gasteiger partial charge on any atom is 0.125 e. The molecule has 0 aliphatic rings. The van der Waals surface area contributed by atoms with Crippen LogP contribution in [0.15, 0.2) is 42.5 Å². The van der Waals surface area contributed by atoms with Gasteiger partial charge >= 0.3 is 0 Å². The first-order valence-electron chi connectivity index (χ1n) is 6.14. The highest BCUT2D eigenvalue weighted by Gasteiger charge is 2.09. The van der Waals surface area contributed by atoms with Gasteiger partial charge in [-0.15, -0.1) is 0 Å². The van der Waals surface area contributed by atoms with E-state index < -0.39 is 0 Å². The Hall–Kier alpha value is -1.74. The Morgan fingerprint density at radius 2 is 2.00 bits per heavy atom. The fourth-order valence-electron chi connectivity index (χ4n) is 1.96. The van der Waals surface area contributed by atoms with Crippen LogP contribution in [-0.4, -0.2) is 6.54 Å². The number of nitrogens with zero attached hydrogens (tertiary/aromatic N) is 1. The molecule has 0 radical (unpaired) electrons. The van der Waals surface area contributed by atoms with Crippen molar-refractivity contribution in [2.45, 2.75) is 13.5 Å². The lowest BCUT2D eigenvalue weighted by molar-refractivity contribution is 0.626. The van der Waals surface area contributed by atoms with Crippen molar-refractivity contribution < 1.29 is 4.39 Å². The summed E-state index contributed by atoms with van der Waals surface area (Å²) in [6, 6.07) is 12.0. The number of nitrogens with two attached hydrogens (primary N) is 1. The van der Waals surface area contributed by atoms with E-state index in [-0.39, 0.29) is 5.82 Å². The first kappa shape index (κ1) is 13.7. The van der Waals surface area contributed by atoms with Crippen molar-refractivity contribution in [3.63, 3.8) is 0 Å². The third kappa shape index (κ3) is 3.38. The van der Waals surface area contributed by atoms with Gasteiger partial charge in [0.05, 0.1) is 0 Å². The van der Waals surface area contributed by atoms with Gasteiger partial charge in [-0.05, 0) is 42.8 Å². The van der Waals surface area contributed by atoms with Gasteiger partial charge in [-0.25, -0.2) is 4.39 Å². The number of hydrogen-bond acceptors (Lipinski definition) is 2. The molecular formula is C15H16ClFN2. The van der Waals surface area contributed by atoms with Gasteiger partial charge in [-0.1, -0.05) is 23.7 Å². The molecule has 0 amide bonds. The molecule has 0 fully saturated rings. The monoisotopic (exact) mass is 278 g/mol. The second-order valence-corrected chi connectivity index (χ2v) is 4.75. The smallest absolute Gasteiger partial charge is 0.125 e. The third-order valence-electron chi connectivity index (χ3n) is 2.99. The topological polar surface area (TPSA) is 29.3 Å². The van der Waals surface area contributed by atoms with Crippen LogP contribution in [0.25, 0.3) is 0 Å². The van der Waals surface area contributed by atoms with E-state index in [2.05, 4.69) is 4.90 Å². The molecule has 0 heterocycles. The summed E-state index contributed by atoms with van der Waals surface area (Å²) >= 11 is 6.17. The highest BCUT2D eigenvalue weighted by molar-refractivity contribution is 6.31. The average molecular weight is 279 g/mol. The van der Waals surface area contributed by atoms with Crippen molar-refractivity contribution in [1.82, 2.24) is 0 Å². The summed E-state index contributed by atoms with van der Waals surface area (Å²) in [5.41, 5.74) is 8.13. The fourth-order valence-corrected chi connectivity index (χ4v) is 2.20. The Morgan fingerprint density at radius 3 is 2.63 bits per heavy atom. The molecule has 2 rings (SSSR count). The Balaban J connectivity index is 2.24. The molecule has 0 bridgehead atoms. The van der Waals surface area contributed by atoms with Gasteiger partial charge in [0.25, 0.3) is 0 Å². The van der Waals surface area contributed by atoms with Crippen molar-refractivity contribution in [1.29, 1.82) is 0 Å². The van der Waals surface area contributed by atoms with Crippen molar-refractivity contribution in [2.24, 2.45) is 0 Å². The molecule has 2 N–H and O–H groups in total. The first-order chi connectivity index (χ1) is 9.10. The molecule has 2 nitrogen and oxygen atoms in total. The van der Waals surface area contributed by atoms with E-state index in [4.69, 9.17) is 17.3 Å². The van der Waals surface area contributed by atoms with E-state index >= 15 is 0 Å². The standard InChI is InChI=1S/C15H16ClFN2/c1-2-19(14-5-3-4-12(17)8-14)10-11-6-7-13(18)9-15(11)16/h3-9H,2,10,18H2,1H3. The SMILES string of the molecule is CCN(Cc1ccc(N)cc1Cl)c1cccc(F)c1. The van der Waals surface area contributed by atoms with E-state index in [0.717, 1.165) is 17.8 Å². The van der Waals surface area contributed by atoms with Crippen molar-refractivity contribution >= 4 is 23.0 Å². The zero-order valence-corrected chi connectivity index (χ0v) is 11.5. The zero-order chi connectivity index (χ0) is 13.8. The number of benzene rings is 2. The van der Waals surface area contributed by atoms with Gasteiger partial charge in [0, 0.05) is 29.5 Å². The quantitative estimate of drug-likeness (QED) is 0.854. The first-order valence-corrected chi connectivity index (χ1v) is 6.52. The van der Waals surface area contributed by atoms with Gasteiger partial charge in [0.1, 0.15) is 5.82 Å². The highest BCUT2D eigenvalue weighted by Crippen LogP contribution is 2.24. The molecule has 0 atom stereocenters. The van der Waals surface area contributed by atoms with E-state index in [0.29, 0.717) is 17.3 Å². The summed E-state index contributed by atoms with van der Waals surface area (Å²) < 4.78 is 13.3. The molecule has 0 aromatic heterocycles. The molecule has 19 heavy (non-hydrogen) atoms. The summed E-state index contributed by atoms with van der Waals surface area (Å²) in [5, 5.41) is 0.634. The van der Waals surface area contributed by atoms with Gasteiger partial charge in [-0.2, -0.15) is 0 Å². The third-order valence-corrected chi connectivity index (χ3v) is 3.35. The normalized spacial score (nSPS) is 10.5. The maximum atomic E-state index is 13.3. The summed E-state index contributed by atoms with van der Waals surface area (Å²) in [6.45, 7) is 3.42. The summed E-state index contributed by atoms with van der Waals surface area (Å²) in [4.78, 5) is 2.06. The van der Waals surface area contributed by atoms with Crippen LogP contribution >= 0.6 is 11.6 Å². The van der Waals surface area contributed by atoms with Gasteiger partial charge in [-0.3, -0.25) is 0 Å². The van der Waals surface area contributed by atoms with E-state index in [1.807, 2.05) is 25.1 Å². The zero-order valence-electron chi connectivity index (χ0n) is 10.7. The van der Waals surface area contributed by atoms with Crippen molar-refractivity contribution in [3.8, 4) is 0 Å². The van der Waals surface area contributed by atoms with Crippen LogP contribution < -0.4 is 10.6 Å². The summed E-state index contributed by atoms with van der Waals surface area (Å²) in [6.07, 6.45) is 0. The molecule has 0 saturated heterocycles. The molecule has 4 heteroatoms. The molecule has 0 aliphatic heterocycles. The van der Waals surface area contributed by atoms with Gasteiger partial charge in [0.15, 0.2) is 0 Å². The Morgan fingerprint density at radius 1 is 1.21 bits per heavy atom. The second-order valence-electron chi connectivity index (χ2n) is 4.34. The van der Waals surface area contributed by atoms with E-state index in [1.54, 1.807) is 12.1 Å². The lowest BCUT2D eigenvalue weighted by Gasteiger charge is -2.24. The fraction of sp³-hybridized carbons (Fsp3) is 0.200. The Labute approximate surface area is 117 Å².